The van der Waals surface area contributed by atoms with Crippen LogP contribution in [-0.4, -0.2) is 51.0 Å². The summed E-state index contributed by atoms with van der Waals surface area (Å²) in [5.74, 6) is -0.993. The number of rotatable bonds is 6. The van der Waals surface area contributed by atoms with Crippen molar-refractivity contribution in [2.24, 2.45) is 0 Å². The maximum atomic E-state index is 10.9. The lowest BCUT2D eigenvalue weighted by molar-refractivity contribution is -0.131. The van der Waals surface area contributed by atoms with E-state index in [4.69, 9.17) is 10.2 Å². The molecule has 16 heavy (non-hydrogen) atoms. The molecule has 92 valence electrons. The zero-order valence-electron chi connectivity index (χ0n) is 8.65. The van der Waals surface area contributed by atoms with Crippen molar-refractivity contribution >= 4 is 16.9 Å². The Kier molecular flexibility index (Phi) is 5.01. The lowest BCUT2D eigenvalue weighted by atomic mass is 10.2. The molecule has 1 aliphatic heterocycles. The van der Waals surface area contributed by atoms with Gasteiger partial charge in [-0.05, 0) is 17.9 Å². The second kappa shape index (κ2) is 6.05. The molecule has 0 aliphatic carbocycles. The third kappa shape index (κ3) is 3.08. The van der Waals surface area contributed by atoms with E-state index in [1.54, 1.807) is 11.5 Å². The average Bonchev–Trinajstić information content (AvgIpc) is 2.74. The number of carboxylic acids is 1. The highest BCUT2D eigenvalue weighted by Gasteiger charge is 2.26. The molecule has 0 aromatic carbocycles. The Balaban J connectivity index is 2.70. The van der Waals surface area contributed by atoms with Gasteiger partial charge in [-0.2, -0.15) is 10.9 Å². The van der Waals surface area contributed by atoms with Gasteiger partial charge < -0.3 is 20.4 Å². The molecular formula is C10H16O5S. The van der Waals surface area contributed by atoms with Gasteiger partial charge in [-0.1, -0.05) is 6.08 Å². The lowest BCUT2D eigenvalue weighted by Gasteiger charge is -2.26. The van der Waals surface area contributed by atoms with Crippen LogP contribution in [0, 0.1) is 0 Å². The molecule has 0 amide bonds. The number of aliphatic hydroxyl groups is 3. The quantitative estimate of drug-likeness (QED) is 0.412. The number of aliphatic carboxylic acids is 1. The summed E-state index contributed by atoms with van der Waals surface area (Å²) in [6, 6.07) is 0. The molecule has 5 nitrogen and oxygen atoms in total. The number of carboxylic acid groups (broad SMARTS) is 1. The first kappa shape index (κ1) is 13.2. The number of thiol groups is 1. The number of allylic oxidation sites excluding steroid dienone is 2. The third-order valence-electron chi connectivity index (χ3n) is 2.36. The summed E-state index contributed by atoms with van der Waals surface area (Å²) in [5.41, 5.74) is 0. The summed E-state index contributed by atoms with van der Waals surface area (Å²) < 4.78 is 0. The van der Waals surface area contributed by atoms with E-state index in [1.807, 2.05) is 0 Å². The molecule has 1 aliphatic rings. The fraction of sp³-hybridized carbons (Fsp3) is 0.500. The average molecular weight is 248 g/mol. The van der Waals surface area contributed by atoms with Crippen LogP contribution in [0.5, 0.6) is 0 Å². The van der Waals surface area contributed by atoms with Crippen molar-refractivity contribution < 1.29 is 25.2 Å². The molecular weight excluding hydrogens is 232 g/mol. The molecule has 0 spiro atoms. The van der Waals surface area contributed by atoms with Gasteiger partial charge in [0.25, 0.3) is 0 Å². The van der Waals surface area contributed by atoms with Crippen LogP contribution in [0.3, 0.4) is 0 Å². The van der Waals surface area contributed by atoms with Crippen LogP contribution in [0.4, 0.5) is 0 Å². The van der Waals surface area contributed by atoms with E-state index in [9.17, 15) is 15.0 Å². The van der Waals surface area contributed by atoms with Crippen molar-refractivity contribution in [3.8, 4) is 0 Å². The zero-order chi connectivity index (χ0) is 12.1. The predicted molar refractivity (Wildman–Crippen MR) is 62.4 cm³/mol. The molecule has 4 N–H and O–H groups in total. The Morgan fingerprint density at radius 1 is 1.38 bits per heavy atom. The molecule has 0 fully saturated rings. The van der Waals surface area contributed by atoms with Crippen molar-refractivity contribution in [2.45, 2.75) is 17.8 Å². The first-order valence-electron chi connectivity index (χ1n) is 4.90. The summed E-state index contributed by atoms with van der Waals surface area (Å²) in [6.07, 6.45) is 2.46. The molecule has 1 heterocycles. The first-order chi connectivity index (χ1) is 7.60. The van der Waals surface area contributed by atoms with E-state index >= 15 is 0 Å². The fourth-order valence-electron chi connectivity index (χ4n) is 1.56. The van der Waals surface area contributed by atoms with Gasteiger partial charge in [0.2, 0.25) is 0 Å². The van der Waals surface area contributed by atoms with E-state index < -0.39 is 23.0 Å². The van der Waals surface area contributed by atoms with Crippen LogP contribution in [0.1, 0.15) is 6.42 Å². The summed E-state index contributed by atoms with van der Waals surface area (Å²) in [7, 11) is -1.09. The maximum absolute atomic E-state index is 10.9. The number of hydrogen-bond acceptors (Lipinski definition) is 4. The standard InChI is InChI=1S/C10H16O5S/c11-5-7(13)4-8(6-12)16-3-1-2-9(16)10(14)15/h1-3,7-8,11-13,16H,4-6H2,(H,14,15). The minimum absolute atomic E-state index is 0.197. The van der Waals surface area contributed by atoms with Gasteiger partial charge in [0, 0.05) is 5.25 Å². The van der Waals surface area contributed by atoms with Gasteiger partial charge in [0.15, 0.2) is 0 Å². The van der Waals surface area contributed by atoms with E-state index in [0.29, 0.717) is 0 Å². The number of hydrogen-bond donors (Lipinski definition) is 5. The maximum Gasteiger partial charge on any atom is 0.340 e. The van der Waals surface area contributed by atoms with Gasteiger partial charge >= 0.3 is 5.97 Å². The molecule has 0 radical (unpaired) electrons. The molecule has 6 heteroatoms. The molecule has 1 rings (SSSR count). The van der Waals surface area contributed by atoms with Gasteiger partial charge in [-0.15, -0.1) is 0 Å². The Hall–Kier alpha value is -0.820. The van der Waals surface area contributed by atoms with Crippen molar-refractivity contribution in [1.82, 2.24) is 0 Å². The van der Waals surface area contributed by atoms with Crippen LogP contribution in [-0.2, 0) is 4.79 Å². The summed E-state index contributed by atoms with van der Waals surface area (Å²) in [6.45, 7) is -0.576. The molecule has 0 saturated carbocycles. The van der Waals surface area contributed by atoms with Gasteiger partial charge in [0.1, 0.15) is 0 Å². The molecule has 0 aromatic heterocycles. The summed E-state index contributed by atoms with van der Waals surface area (Å²) in [5, 5.41) is 37.6. The van der Waals surface area contributed by atoms with Crippen LogP contribution < -0.4 is 0 Å². The SMILES string of the molecule is O=C(O)C1=CC=C[SH]1C(CO)CC(O)CO. The highest BCUT2D eigenvalue weighted by atomic mass is 32.2. The van der Waals surface area contributed by atoms with Crippen LogP contribution in [0.2, 0.25) is 0 Å². The van der Waals surface area contributed by atoms with Crippen molar-refractivity contribution in [3.05, 3.63) is 22.5 Å². The number of carbonyl (C=O) groups is 1. The zero-order valence-corrected chi connectivity index (χ0v) is 9.55. The van der Waals surface area contributed by atoms with E-state index in [2.05, 4.69) is 0 Å². The minimum Gasteiger partial charge on any atom is -0.477 e. The summed E-state index contributed by atoms with van der Waals surface area (Å²) >= 11 is 0. The number of aliphatic hydroxyl groups excluding tert-OH is 3. The Morgan fingerprint density at radius 3 is 2.56 bits per heavy atom. The first-order valence-corrected chi connectivity index (χ1v) is 6.38. The smallest absolute Gasteiger partial charge is 0.340 e. The van der Waals surface area contributed by atoms with E-state index in [1.165, 1.54) is 6.08 Å². The Morgan fingerprint density at radius 2 is 2.06 bits per heavy atom. The van der Waals surface area contributed by atoms with Crippen molar-refractivity contribution in [1.29, 1.82) is 0 Å². The Bertz CT molecular complexity index is 312. The monoisotopic (exact) mass is 248 g/mol. The molecule has 0 bridgehead atoms. The second-order valence-electron chi connectivity index (χ2n) is 3.51. The fourth-order valence-corrected chi connectivity index (χ4v) is 3.75. The molecule has 3 atom stereocenters. The van der Waals surface area contributed by atoms with Crippen molar-refractivity contribution in [2.75, 3.05) is 13.2 Å². The highest BCUT2D eigenvalue weighted by Crippen LogP contribution is 2.46. The molecule has 3 unspecified atom stereocenters. The highest BCUT2D eigenvalue weighted by molar-refractivity contribution is 8.24. The normalized spacial score (nSPS) is 25.2. The molecule has 0 saturated heterocycles. The minimum atomic E-state index is -1.09. The molecule has 0 aromatic rings. The third-order valence-corrected chi connectivity index (χ3v) is 4.91. The van der Waals surface area contributed by atoms with Gasteiger partial charge in [-0.3, -0.25) is 0 Å². The van der Waals surface area contributed by atoms with Crippen LogP contribution in [0.25, 0.3) is 0 Å². The second-order valence-corrected chi connectivity index (χ2v) is 5.84. The van der Waals surface area contributed by atoms with Crippen molar-refractivity contribution in [3.63, 3.8) is 0 Å². The van der Waals surface area contributed by atoms with Crippen LogP contribution in [0.15, 0.2) is 22.5 Å². The summed E-state index contributed by atoms with van der Waals surface area (Å²) in [4.78, 5) is 11.2. The van der Waals surface area contributed by atoms with Gasteiger partial charge in [-0.25, -0.2) is 4.79 Å². The Labute approximate surface area is 96.1 Å². The topological polar surface area (TPSA) is 98.0 Å². The predicted octanol–water partition coefficient (Wildman–Crippen LogP) is -0.412. The largest absolute Gasteiger partial charge is 0.477 e. The van der Waals surface area contributed by atoms with E-state index in [0.717, 1.165) is 0 Å². The lowest BCUT2D eigenvalue weighted by Crippen LogP contribution is -2.24. The van der Waals surface area contributed by atoms with E-state index in [-0.39, 0.29) is 29.8 Å². The van der Waals surface area contributed by atoms with Gasteiger partial charge in [0.05, 0.1) is 24.2 Å². The van der Waals surface area contributed by atoms with Crippen LogP contribution >= 0.6 is 10.9 Å².